The lowest BCUT2D eigenvalue weighted by atomic mass is 9.88. The van der Waals surface area contributed by atoms with Gasteiger partial charge in [-0.2, -0.15) is 0 Å². The molecule has 3 aliphatic rings. The summed E-state index contributed by atoms with van der Waals surface area (Å²) in [5, 5.41) is 7.40. The second-order valence-corrected chi connectivity index (χ2v) is 22.6. The molecule has 0 spiro atoms. The number of amides is 9. The Hall–Kier alpha value is -5.77. The number of carbonyl (C=O) groups excluding carboxylic acids is 9. The number of methoxy groups -OCH3 is 2. The Kier molecular flexibility index (Phi) is 25.4. The molecule has 2 fully saturated rings. The van der Waals surface area contributed by atoms with Crippen LogP contribution in [0.2, 0.25) is 0 Å². The second kappa shape index (κ2) is 30.6. The molecule has 1 aromatic rings. The average molecular weight is 1090 g/mol. The number of nitrogens with one attached hydrogen (secondary N) is 4. The number of ether oxygens (including phenoxy) is 2. The van der Waals surface area contributed by atoms with E-state index in [0.29, 0.717) is 51.9 Å². The highest BCUT2D eigenvalue weighted by Gasteiger charge is 2.44. The van der Waals surface area contributed by atoms with E-state index in [0.717, 1.165) is 23.3 Å². The van der Waals surface area contributed by atoms with Crippen LogP contribution in [0.4, 0.5) is 0 Å². The van der Waals surface area contributed by atoms with E-state index in [2.05, 4.69) is 21.5 Å². The van der Waals surface area contributed by atoms with Gasteiger partial charge in [0, 0.05) is 71.3 Å². The number of carbonyl (C=O) groups is 9. The highest BCUT2D eigenvalue weighted by molar-refractivity contribution is 6.12. The molecule has 0 saturated carbocycles. The van der Waals surface area contributed by atoms with Gasteiger partial charge in [0.2, 0.25) is 35.4 Å². The number of rotatable bonds is 29. The zero-order chi connectivity index (χ0) is 58.0. The topological polar surface area (TPSA) is 246 Å². The van der Waals surface area contributed by atoms with Gasteiger partial charge < -0.3 is 29.9 Å². The summed E-state index contributed by atoms with van der Waals surface area (Å²) in [6, 6.07) is 5.96. The van der Waals surface area contributed by atoms with Crippen LogP contribution in [0, 0.1) is 29.1 Å². The van der Waals surface area contributed by atoms with Crippen LogP contribution in [0.25, 0.3) is 0 Å². The number of benzene rings is 1. The van der Waals surface area contributed by atoms with Crippen molar-refractivity contribution in [3.8, 4) is 0 Å². The van der Waals surface area contributed by atoms with E-state index in [9.17, 15) is 43.2 Å². The van der Waals surface area contributed by atoms with E-state index in [1.54, 1.807) is 44.7 Å². The molecule has 9 unspecified atom stereocenters. The quantitative estimate of drug-likeness (QED) is 0.0664. The van der Waals surface area contributed by atoms with Gasteiger partial charge in [0.15, 0.2) is 0 Å². The lowest BCUT2D eigenvalue weighted by Gasteiger charge is -2.41. The minimum atomic E-state index is -1.00. The van der Waals surface area contributed by atoms with Crippen molar-refractivity contribution < 1.29 is 57.5 Å². The number of nitrogens with zero attached hydrogens (tertiary/aromatic N) is 5. The van der Waals surface area contributed by atoms with E-state index >= 15 is 0 Å². The molecule has 78 heavy (non-hydrogen) atoms. The van der Waals surface area contributed by atoms with Crippen molar-refractivity contribution in [2.75, 3.05) is 61.1 Å². The molecule has 9 amide bonds. The molecule has 4 rings (SSSR count). The molecule has 0 aliphatic carbocycles. The monoisotopic (exact) mass is 1090 g/mol. The predicted octanol–water partition coefficient (Wildman–Crippen LogP) is 3.55. The largest absolute Gasteiger partial charge is 0.379 e. The summed E-state index contributed by atoms with van der Waals surface area (Å²) in [6.07, 6.45) is 5.27. The van der Waals surface area contributed by atoms with Crippen molar-refractivity contribution in [2.24, 2.45) is 29.1 Å². The van der Waals surface area contributed by atoms with E-state index in [1.807, 2.05) is 76.8 Å². The molecule has 0 bridgehead atoms. The van der Waals surface area contributed by atoms with Crippen molar-refractivity contribution in [3.05, 3.63) is 48.0 Å². The lowest BCUT2D eigenvalue weighted by Crippen LogP contribution is -2.60. The highest BCUT2D eigenvalue weighted by atomic mass is 16.7. The Morgan fingerprint density at radius 1 is 0.833 bits per heavy atom. The second-order valence-electron chi connectivity index (χ2n) is 22.6. The summed E-state index contributed by atoms with van der Waals surface area (Å²) >= 11 is 0. The summed E-state index contributed by atoms with van der Waals surface area (Å²) in [6.45, 7) is 18.3. The summed E-state index contributed by atoms with van der Waals surface area (Å²) in [5.41, 5.74) is 4.76. The smallest absolute Gasteiger partial charge is 0.269 e. The number of likely N-dealkylation sites (tertiary alicyclic amines) is 1. The molecule has 3 heterocycles. The fraction of sp³-hybridized carbons (Fsp3) is 0.702. The van der Waals surface area contributed by atoms with E-state index in [-0.39, 0.29) is 79.5 Å². The molecule has 0 radical (unpaired) electrons. The Balaban J connectivity index is 1.38. The minimum Gasteiger partial charge on any atom is -0.379 e. The minimum absolute atomic E-state index is 0.0360. The molecule has 436 valence electrons. The molecule has 1 aromatic carbocycles. The fourth-order valence-electron chi connectivity index (χ4n) is 10.7. The first-order valence-electron chi connectivity index (χ1n) is 27.9. The van der Waals surface area contributed by atoms with Crippen molar-refractivity contribution in [1.29, 1.82) is 0 Å². The SMILES string of the molecule is CCC(C)C(C(CC(=O)N1CCCC1C(OC)C(C)C(=O)NC(Cc1ccccc1)C(=O)N1CCCCO1)OC)N(C)C(=O)C(NC(=O)C(C(C)C)N(C)CCCC(=O)NNC(=O)C(C)(C)CCN1C(=O)C=CC1=O)C(C)C. The van der Waals surface area contributed by atoms with Crippen LogP contribution in [0.3, 0.4) is 0 Å². The Labute approximate surface area is 462 Å². The van der Waals surface area contributed by atoms with Gasteiger partial charge in [-0.25, -0.2) is 5.06 Å². The van der Waals surface area contributed by atoms with Crippen LogP contribution in [-0.2, 0) is 63.9 Å². The van der Waals surface area contributed by atoms with Crippen molar-refractivity contribution in [3.63, 3.8) is 0 Å². The third-order valence-electron chi connectivity index (χ3n) is 15.7. The molecule has 21 heteroatoms. The van der Waals surface area contributed by atoms with Gasteiger partial charge in [0.05, 0.1) is 49.3 Å². The standard InChI is InChI=1S/C57H91N9O12/c1-14-38(6)50(43(76-12)35-47(70)64-30-20-24-42(64)51(77-13)39(7)52(71)58-41(34-40-22-16-15-17-23-40)54(73)66-31-18-19-33-78-66)63(11)55(74)48(36(2)3)59-53(72)49(37(4)5)62(10)29-21-25-44(67)60-61-56(75)57(8,9)28-32-65-45(68)26-27-46(65)69/h15-17,22-23,26-27,36-39,41-43,48-51H,14,18-21,24-25,28-35H2,1-13H3,(H,58,71)(H,59,72)(H,60,67)(H,61,75). The number of imide groups is 1. The number of hydrazine groups is 1. The van der Waals surface area contributed by atoms with E-state index in [4.69, 9.17) is 14.3 Å². The Morgan fingerprint density at radius 3 is 2.08 bits per heavy atom. The third kappa shape index (κ3) is 17.6. The number of likely N-dealkylation sites (N-methyl/N-ethyl adjacent to an activating group) is 2. The van der Waals surface area contributed by atoms with Gasteiger partial charge in [0.25, 0.3) is 17.7 Å². The Morgan fingerprint density at radius 2 is 1.50 bits per heavy atom. The summed E-state index contributed by atoms with van der Waals surface area (Å²) in [7, 11) is 6.51. The molecular formula is C57H91N9O12. The van der Waals surface area contributed by atoms with Crippen LogP contribution in [0.5, 0.6) is 0 Å². The van der Waals surface area contributed by atoms with Gasteiger partial charge in [0.1, 0.15) is 12.1 Å². The van der Waals surface area contributed by atoms with Gasteiger partial charge in [-0.05, 0) is 75.4 Å². The summed E-state index contributed by atoms with van der Waals surface area (Å²) < 4.78 is 12.2. The first-order valence-corrected chi connectivity index (χ1v) is 27.9. The summed E-state index contributed by atoms with van der Waals surface area (Å²) in [5.74, 6) is -4.80. The van der Waals surface area contributed by atoms with Crippen molar-refractivity contribution >= 4 is 53.2 Å². The molecule has 0 aromatic heterocycles. The maximum atomic E-state index is 14.7. The van der Waals surface area contributed by atoms with Crippen LogP contribution in [-0.4, -0.2) is 181 Å². The molecule has 9 atom stereocenters. The van der Waals surface area contributed by atoms with Crippen LogP contribution in [0.1, 0.15) is 126 Å². The van der Waals surface area contributed by atoms with E-state index < -0.39 is 77.4 Å². The zero-order valence-corrected chi connectivity index (χ0v) is 48.6. The van der Waals surface area contributed by atoms with Crippen LogP contribution < -0.4 is 21.5 Å². The van der Waals surface area contributed by atoms with Crippen molar-refractivity contribution in [2.45, 2.75) is 169 Å². The highest BCUT2D eigenvalue weighted by Crippen LogP contribution is 2.30. The number of hydrogen-bond acceptors (Lipinski definition) is 13. The first kappa shape index (κ1) is 64.8. The first-order chi connectivity index (χ1) is 36.9. The molecule has 21 nitrogen and oxygen atoms in total. The van der Waals surface area contributed by atoms with Gasteiger partial charge in [-0.15, -0.1) is 0 Å². The molecule has 4 N–H and O–H groups in total. The molecule has 2 saturated heterocycles. The predicted molar refractivity (Wildman–Crippen MR) is 293 cm³/mol. The van der Waals surface area contributed by atoms with Crippen LogP contribution >= 0.6 is 0 Å². The Bertz CT molecular complexity index is 2220. The molecule has 3 aliphatic heterocycles. The maximum absolute atomic E-state index is 14.7. The van der Waals surface area contributed by atoms with Gasteiger partial charge in [-0.1, -0.05) is 99.1 Å². The molecular weight excluding hydrogens is 1000 g/mol. The summed E-state index contributed by atoms with van der Waals surface area (Å²) in [4.78, 5) is 133. The maximum Gasteiger partial charge on any atom is 0.269 e. The fourth-order valence-corrected chi connectivity index (χ4v) is 10.7. The van der Waals surface area contributed by atoms with E-state index in [1.165, 1.54) is 31.4 Å². The van der Waals surface area contributed by atoms with Gasteiger partial charge in [-0.3, -0.25) is 68.6 Å². The zero-order valence-electron chi connectivity index (χ0n) is 48.6. The van der Waals surface area contributed by atoms with Crippen LogP contribution in [0.15, 0.2) is 42.5 Å². The third-order valence-corrected chi connectivity index (χ3v) is 15.7. The van der Waals surface area contributed by atoms with Gasteiger partial charge >= 0.3 is 0 Å². The number of hydrogen-bond donors (Lipinski definition) is 4. The van der Waals surface area contributed by atoms with Crippen molar-refractivity contribution in [1.82, 2.24) is 46.1 Å². The average Bonchev–Trinajstić information content (AvgIpc) is 4.03. The lowest BCUT2D eigenvalue weighted by molar-refractivity contribution is -0.199. The normalized spacial score (nSPS) is 19.0. The number of hydroxylamine groups is 2.